The summed E-state index contributed by atoms with van der Waals surface area (Å²) in [5.74, 6) is -0.762. The summed E-state index contributed by atoms with van der Waals surface area (Å²) < 4.78 is 6.37. The molecule has 3 rings (SSSR count). The number of carbonyl (C=O) groups is 1. The fourth-order valence-corrected chi connectivity index (χ4v) is 2.52. The minimum atomic E-state index is -1.28. The van der Waals surface area contributed by atoms with E-state index in [0.29, 0.717) is 16.4 Å². The Morgan fingerprint density at radius 3 is 2.76 bits per heavy atom. The highest BCUT2D eigenvalue weighted by Crippen LogP contribution is 2.09. The molecule has 0 fully saturated rings. The van der Waals surface area contributed by atoms with E-state index in [2.05, 4.69) is 4.98 Å². The van der Waals surface area contributed by atoms with Gasteiger partial charge in [0.2, 0.25) is 0 Å². The predicted molar refractivity (Wildman–Crippen MR) is 92.4 cm³/mol. The van der Waals surface area contributed by atoms with Gasteiger partial charge in [0.1, 0.15) is 12.3 Å². The van der Waals surface area contributed by atoms with Crippen LogP contribution in [0.25, 0.3) is 5.65 Å². The number of hydrogen-bond donors (Lipinski definition) is 1. The van der Waals surface area contributed by atoms with Crippen LogP contribution in [0, 0.1) is 0 Å². The quantitative estimate of drug-likeness (QED) is 0.705. The average molecular weight is 359 g/mol. The fourth-order valence-electron chi connectivity index (χ4n) is 2.36. The van der Waals surface area contributed by atoms with Gasteiger partial charge in [-0.15, -0.1) is 0 Å². The Balaban J connectivity index is 1.66. The molecule has 3 aromatic rings. The fraction of sp³-hybridized carbons (Fsp3) is 0.167. The highest BCUT2D eigenvalue weighted by atomic mass is 35.5. The molecule has 0 aliphatic carbocycles. The Labute approximate surface area is 148 Å². The number of esters is 1. The van der Waals surface area contributed by atoms with Crippen LogP contribution in [-0.4, -0.2) is 26.6 Å². The number of rotatable bonds is 5. The van der Waals surface area contributed by atoms with Crippen LogP contribution in [-0.2, 0) is 22.6 Å². The van der Waals surface area contributed by atoms with E-state index in [0.717, 1.165) is 5.56 Å². The third-order valence-corrected chi connectivity index (χ3v) is 3.81. The van der Waals surface area contributed by atoms with Gasteiger partial charge in [-0.05, 0) is 17.7 Å². The summed E-state index contributed by atoms with van der Waals surface area (Å²) in [6.45, 7) is -0.195. The molecule has 0 aliphatic heterocycles. The van der Waals surface area contributed by atoms with Crippen LogP contribution in [0.5, 0.6) is 0 Å². The summed E-state index contributed by atoms with van der Waals surface area (Å²) >= 11 is 5.85. The first-order chi connectivity index (χ1) is 12.0. The lowest BCUT2D eigenvalue weighted by Crippen LogP contribution is -2.26. The number of aromatic nitrogens is 2. The first kappa shape index (κ1) is 17.1. The number of carbonyl (C=O) groups excluding carboxylic acids is 1. The largest absolute Gasteiger partial charge is 0.457 e. The second kappa shape index (κ2) is 7.46. The number of halogens is 1. The third kappa shape index (κ3) is 4.23. The van der Waals surface area contributed by atoms with Crippen molar-refractivity contribution in [3.05, 3.63) is 81.4 Å². The summed E-state index contributed by atoms with van der Waals surface area (Å²) in [4.78, 5) is 28.2. The number of benzene rings is 1. The monoisotopic (exact) mass is 358 g/mol. The van der Waals surface area contributed by atoms with Crippen molar-refractivity contribution in [2.45, 2.75) is 19.1 Å². The maximum absolute atomic E-state index is 12.0. The number of aliphatic hydroxyl groups is 1. The first-order valence-electron chi connectivity index (χ1n) is 7.59. The minimum absolute atomic E-state index is 0.159. The molecule has 128 valence electrons. The molecule has 0 bridgehead atoms. The number of hydrogen-bond acceptors (Lipinski definition) is 5. The molecule has 0 aliphatic rings. The van der Waals surface area contributed by atoms with Crippen molar-refractivity contribution < 1.29 is 14.6 Å². The van der Waals surface area contributed by atoms with Crippen LogP contribution in [0.2, 0.25) is 5.02 Å². The van der Waals surface area contributed by atoms with Gasteiger partial charge in [-0.1, -0.05) is 41.9 Å². The van der Waals surface area contributed by atoms with Gasteiger partial charge >= 0.3 is 5.97 Å². The van der Waals surface area contributed by atoms with Crippen LogP contribution < -0.4 is 5.56 Å². The maximum Gasteiger partial charge on any atom is 0.335 e. The molecule has 0 saturated carbocycles. The molecule has 1 N–H and O–H groups in total. The van der Waals surface area contributed by atoms with Crippen molar-refractivity contribution in [2.24, 2.45) is 0 Å². The number of nitrogens with zero attached hydrogens (tertiary/aromatic N) is 2. The molecule has 1 aromatic carbocycles. The summed E-state index contributed by atoms with van der Waals surface area (Å²) in [5.41, 5.74) is 1.19. The second-order valence-electron chi connectivity index (χ2n) is 5.47. The molecule has 0 amide bonds. The molecule has 7 heteroatoms. The highest BCUT2D eigenvalue weighted by molar-refractivity contribution is 6.30. The minimum Gasteiger partial charge on any atom is -0.457 e. The van der Waals surface area contributed by atoms with E-state index in [1.54, 1.807) is 12.1 Å². The van der Waals surface area contributed by atoms with Crippen LogP contribution in [0.15, 0.2) is 59.5 Å². The predicted octanol–water partition coefficient (Wildman–Crippen LogP) is 1.99. The highest BCUT2D eigenvalue weighted by Gasteiger charge is 2.17. The van der Waals surface area contributed by atoms with Crippen molar-refractivity contribution >= 4 is 23.2 Å². The topological polar surface area (TPSA) is 80.9 Å². The summed E-state index contributed by atoms with van der Waals surface area (Å²) in [5, 5.41) is 10.3. The van der Waals surface area contributed by atoms with Gasteiger partial charge in [0.15, 0.2) is 6.10 Å². The van der Waals surface area contributed by atoms with E-state index >= 15 is 0 Å². The van der Waals surface area contributed by atoms with Gasteiger partial charge in [-0.25, -0.2) is 9.78 Å². The van der Waals surface area contributed by atoms with Gasteiger partial charge in [0.25, 0.3) is 5.56 Å². The zero-order chi connectivity index (χ0) is 17.8. The Hall–Kier alpha value is -2.70. The van der Waals surface area contributed by atoms with Crippen molar-refractivity contribution in [3.8, 4) is 0 Å². The normalized spacial score (nSPS) is 12.1. The number of aliphatic hydroxyl groups excluding tert-OH is 1. The zero-order valence-corrected chi connectivity index (χ0v) is 13.9. The molecular weight excluding hydrogens is 344 g/mol. The smallest absolute Gasteiger partial charge is 0.335 e. The molecule has 2 heterocycles. The number of pyridine rings is 1. The first-order valence-corrected chi connectivity index (χ1v) is 7.97. The van der Waals surface area contributed by atoms with Crippen LogP contribution in [0.1, 0.15) is 11.3 Å². The van der Waals surface area contributed by atoms with Crippen molar-refractivity contribution in [3.63, 3.8) is 0 Å². The van der Waals surface area contributed by atoms with Crippen molar-refractivity contribution in [2.75, 3.05) is 0 Å². The second-order valence-corrected chi connectivity index (χ2v) is 5.91. The van der Waals surface area contributed by atoms with Crippen LogP contribution in [0.4, 0.5) is 0 Å². The third-order valence-electron chi connectivity index (χ3n) is 3.58. The molecule has 0 saturated heterocycles. The van der Waals surface area contributed by atoms with Crippen LogP contribution in [0.3, 0.4) is 0 Å². The van der Waals surface area contributed by atoms with Crippen molar-refractivity contribution in [1.29, 1.82) is 0 Å². The molecule has 2 aromatic heterocycles. The molecule has 0 spiro atoms. The van der Waals surface area contributed by atoms with E-state index in [1.807, 2.05) is 30.3 Å². The van der Waals surface area contributed by atoms with Gasteiger partial charge in [-0.2, -0.15) is 0 Å². The van der Waals surface area contributed by atoms with Gasteiger partial charge in [0.05, 0.1) is 10.7 Å². The number of fused-ring (bicyclic) bond motifs is 1. The average Bonchev–Trinajstić information content (AvgIpc) is 2.61. The zero-order valence-electron chi connectivity index (χ0n) is 13.1. The van der Waals surface area contributed by atoms with E-state index in [-0.39, 0.29) is 18.6 Å². The Morgan fingerprint density at radius 1 is 1.24 bits per heavy atom. The molecule has 0 radical (unpaired) electrons. The Morgan fingerprint density at radius 2 is 2.00 bits per heavy atom. The summed E-state index contributed by atoms with van der Waals surface area (Å²) in [7, 11) is 0. The maximum atomic E-state index is 12.0. The van der Waals surface area contributed by atoms with E-state index in [4.69, 9.17) is 16.3 Å². The lowest BCUT2D eigenvalue weighted by atomic mass is 10.1. The standard InChI is InChI=1S/C18H15ClN2O4/c19-13-6-7-16-20-14(9-17(23)21(16)10-13)11-25-18(24)15(22)8-12-4-2-1-3-5-12/h1-7,9-10,15,22H,8,11H2. The van der Waals surface area contributed by atoms with Crippen molar-refractivity contribution in [1.82, 2.24) is 9.38 Å². The molecular formula is C18H15ClN2O4. The Kier molecular flexibility index (Phi) is 5.11. The summed E-state index contributed by atoms with van der Waals surface area (Å²) in [6.07, 6.45) is 0.347. The summed E-state index contributed by atoms with van der Waals surface area (Å²) in [6, 6.07) is 13.6. The molecule has 6 nitrogen and oxygen atoms in total. The van der Waals surface area contributed by atoms with Gasteiger partial charge in [0, 0.05) is 18.7 Å². The van der Waals surface area contributed by atoms with E-state index in [9.17, 15) is 14.7 Å². The lowest BCUT2D eigenvalue weighted by Gasteiger charge is -2.11. The van der Waals surface area contributed by atoms with Gasteiger partial charge in [-0.3, -0.25) is 9.20 Å². The molecule has 1 atom stereocenters. The van der Waals surface area contributed by atoms with Gasteiger partial charge < -0.3 is 9.84 Å². The molecule has 1 unspecified atom stereocenters. The molecule has 25 heavy (non-hydrogen) atoms. The number of ether oxygens (including phenoxy) is 1. The lowest BCUT2D eigenvalue weighted by molar-refractivity contribution is -0.154. The van der Waals surface area contributed by atoms with Crippen LogP contribution >= 0.6 is 11.6 Å². The Bertz CT molecular complexity index is 956. The SMILES string of the molecule is O=C(OCc1cc(=O)n2cc(Cl)ccc2n1)C(O)Cc1ccccc1. The van der Waals surface area contributed by atoms with E-state index in [1.165, 1.54) is 16.7 Å². The van der Waals surface area contributed by atoms with E-state index < -0.39 is 12.1 Å².